The Bertz CT molecular complexity index is 579. The summed E-state index contributed by atoms with van der Waals surface area (Å²) in [4.78, 5) is 12.1. The summed E-state index contributed by atoms with van der Waals surface area (Å²) in [5, 5.41) is 0. The second-order valence-electron chi connectivity index (χ2n) is 5.74. The van der Waals surface area contributed by atoms with Crippen molar-refractivity contribution in [2.75, 3.05) is 20.3 Å². The minimum absolute atomic E-state index is 0.242. The molecule has 0 aliphatic carbocycles. The first kappa shape index (κ1) is 15.5. The number of hydrogen-bond donors (Lipinski definition) is 0. The van der Waals surface area contributed by atoms with Gasteiger partial charge >= 0.3 is 5.97 Å². The zero-order chi connectivity index (χ0) is 15.5. The number of carbonyl (C=O) groups excluding carboxylic acids is 1. The van der Waals surface area contributed by atoms with Gasteiger partial charge in [-0.05, 0) is 42.0 Å². The molecule has 0 unspecified atom stereocenters. The van der Waals surface area contributed by atoms with Crippen LogP contribution < -0.4 is 0 Å². The van der Waals surface area contributed by atoms with E-state index in [1.54, 1.807) is 7.11 Å². The van der Waals surface area contributed by atoms with E-state index in [0.29, 0.717) is 45.2 Å². The Balaban J connectivity index is 2.15. The van der Waals surface area contributed by atoms with Gasteiger partial charge in [0.15, 0.2) is 0 Å². The normalized spacial score (nSPS) is 18.5. The van der Waals surface area contributed by atoms with Crippen LogP contribution in [0.1, 0.15) is 51.0 Å². The van der Waals surface area contributed by atoms with E-state index < -0.39 is 0 Å². The van der Waals surface area contributed by atoms with Crippen molar-refractivity contribution in [2.45, 2.75) is 46.2 Å². The maximum atomic E-state index is 12.1. The zero-order valence-corrected chi connectivity index (χ0v) is 13.2. The van der Waals surface area contributed by atoms with Crippen molar-refractivity contribution in [3.05, 3.63) is 33.4 Å². The van der Waals surface area contributed by atoms with Crippen LogP contribution in [0.4, 0.5) is 0 Å². The molecule has 5 heteroatoms. The molecule has 22 heavy (non-hydrogen) atoms. The molecule has 2 bridgehead atoms. The number of methoxy groups -OCH3 is 1. The lowest BCUT2D eigenvalue weighted by molar-refractivity contribution is 0.0531. The molecule has 120 valence electrons. The number of fused-ring (bicyclic) bond motifs is 4. The molecule has 0 radical (unpaired) electrons. The Hall–Kier alpha value is -1.43. The van der Waals surface area contributed by atoms with Gasteiger partial charge in [0.1, 0.15) is 6.61 Å². The van der Waals surface area contributed by atoms with Gasteiger partial charge in [-0.3, -0.25) is 0 Å². The van der Waals surface area contributed by atoms with Gasteiger partial charge < -0.3 is 18.9 Å². The maximum absolute atomic E-state index is 12.1. The van der Waals surface area contributed by atoms with Crippen LogP contribution in [0, 0.1) is 6.92 Å². The third kappa shape index (κ3) is 2.76. The highest BCUT2D eigenvalue weighted by Crippen LogP contribution is 2.34. The Morgan fingerprint density at radius 2 is 1.68 bits per heavy atom. The van der Waals surface area contributed by atoms with Gasteiger partial charge in [-0.2, -0.15) is 0 Å². The van der Waals surface area contributed by atoms with Crippen molar-refractivity contribution in [3.8, 4) is 0 Å². The van der Waals surface area contributed by atoms with E-state index in [9.17, 15) is 4.79 Å². The molecule has 5 nitrogen and oxygen atoms in total. The van der Waals surface area contributed by atoms with Crippen LogP contribution in [0.15, 0.2) is 0 Å². The summed E-state index contributed by atoms with van der Waals surface area (Å²) < 4.78 is 22.3. The first-order valence-corrected chi connectivity index (χ1v) is 7.71. The van der Waals surface area contributed by atoms with Crippen LogP contribution in [0.25, 0.3) is 0 Å². The molecule has 0 amide bonds. The fraction of sp³-hybridized carbons (Fsp3) is 0.588. The van der Waals surface area contributed by atoms with Crippen molar-refractivity contribution in [1.82, 2.24) is 0 Å². The molecule has 0 spiro atoms. The third-order valence-electron chi connectivity index (χ3n) is 4.38. The number of esters is 1. The topological polar surface area (TPSA) is 54.0 Å². The number of carbonyl (C=O) groups is 1. The van der Waals surface area contributed by atoms with Crippen molar-refractivity contribution >= 4 is 5.97 Å². The van der Waals surface area contributed by atoms with Gasteiger partial charge in [-0.15, -0.1) is 0 Å². The lowest BCUT2D eigenvalue weighted by Gasteiger charge is -2.20. The third-order valence-corrected chi connectivity index (χ3v) is 4.38. The number of hydrogen-bond acceptors (Lipinski definition) is 5. The monoisotopic (exact) mass is 306 g/mol. The molecule has 2 aliphatic heterocycles. The quantitative estimate of drug-likeness (QED) is 0.786. The summed E-state index contributed by atoms with van der Waals surface area (Å²) in [6.45, 7) is 5.16. The van der Waals surface area contributed by atoms with Crippen LogP contribution in [0.5, 0.6) is 0 Å². The van der Waals surface area contributed by atoms with Gasteiger partial charge in [0.25, 0.3) is 0 Å². The van der Waals surface area contributed by atoms with E-state index in [1.807, 2.05) is 6.92 Å². The SMILES string of the molecule is COCc1c2c(C)c3c(c1COCCCCOC2)COC3=O. The highest BCUT2D eigenvalue weighted by atomic mass is 16.5. The number of cyclic esters (lactones) is 1. The van der Waals surface area contributed by atoms with Crippen LogP contribution in [-0.2, 0) is 45.4 Å². The summed E-state index contributed by atoms with van der Waals surface area (Å²) in [7, 11) is 1.68. The highest BCUT2D eigenvalue weighted by Gasteiger charge is 2.31. The summed E-state index contributed by atoms with van der Waals surface area (Å²) in [5.74, 6) is -0.242. The molecule has 0 saturated carbocycles. The summed E-state index contributed by atoms with van der Waals surface area (Å²) >= 11 is 0. The van der Waals surface area contributed by atoms with Gasteiger partial charge in [-0.1, -0.05) is 0 Å². The first-order valence-electron chi connectivity index (χ1n) is 7.71. The van der Waals surface area contributed by atoms with E-state index in [4.69, 9.17) is 18.9 Å². The number of ether oxygens (including phenoxy) is 4. The number of benzene rings is 1. The second-order valence-corrected chi connectivity index (χ2v) is 5.74. The first-order chi connectivity index (χ1) is 10.7. The lowest BCUT2D eigenvalue weighted by Crippen LogP contribution is -2.13. The standard InChI is InChI=1S/C17H22O5/c1-11-12-8-20-5-3-4-6-21-9-14(13(12)7-19-2)15-10-22-17(18)16(11)15/h3-10H2,1-2H3. The molecule has 0 saturated heterocycles. The molecule has 2 heterocycles. The van der Waals surface area contributed by atoms with Gasteiger partial charge in [-0.25, -0.2) is 4.79 Å². The number of rotatable bonds is 2. The Kier molecular flexibility index (Phi) is 4.76. The van der Waals surface area contributed by atoms with E-state index >= 15 is 0 Å². The fourth-order valence-electron chi connectivity index (χ4n) is 3.21. The molecule has 3 rings (SSSR count). The zero-order valence-electron chi connectivity index (χ0n) is 13.2. The summed E-state index contributed by atoms with van der Waals surface area (Å²) in [6, 6.07) is 0. The fourth-order valence-corrected chi connectivity index (χ4v) is 3.21. The van der Waals surface area contributed by atoms with Crippen molar-refractivity contribution in [2.24, 2.45) is 0 Å². The van der Waals surface area contributed by atoms with E-state index in [-0.39, 0.29) is 5.97 Å². The molecular formula is C17H22O5. The van der Waals surface area contributed by atoms with Crippen LogP contribution in [0.2, 0.25) is 0 Å². The molecule has 0 atom stereocenters. The molecule has 0 N–H and O–H groups in total. The van der Waals surface area contributed by atoms with Crippen molar-refractivity contribution < 1.29 is 23.7 Å². The van der Waals surface area contributed by atoms with E-state index in [0.717, 1.165) is 40.7 Å². The van der Waals surface area contributed by atoms with E-state index in [2.05, 4.69) is 0 Å². The van der Waals surface area contributed by atoms with Crippen LogP contribution in [0.3, 0.4) is 0 Å². The predicted octanol–water partition coefficient (Wildman–Crippen LogP) is 2.64. The van der Waals surface area contributed by atoms with Crippen LogP contribution in [-0.4, -0.2) is 26.3 Å². The predicted molar refractivity (Wildman–Crippen MR) is 79.6 cm³/mol. The van der Waals surface area contributed by atoms with E-state index in [1.165, 1.54) is 0 Å². The summed E-state index contributed by atoms with van der Waals surface area (Å²) in [6.07, 6.45) is 1.96. The molecule has 0 fully saturated rings. The smallest absolute Gasteiger partial charge is 0.339 e. The molecule has 0 aromatic heterocycles. The Morgan fingerprint density at radius 1 is 1.00 bits per heavy atom. The summed E-state index contributed by atoms with van der Waals surface area (Å²) in [5.41, 5.74) is 5.76. The van der Waals surface area contributed by atoms with Crippen molar-refractivity contribution in [1.29, 1.82) is 0 Å². The lowest BCUT2D eigenvalue weighted by atomic mass is 9.88. The molecular weight excluding hydrogens is 284 g/mol. The average Bonchev–Trinajstić information content (AvgIpc) is 2.87. The minimum Gasteiger partial charge on any atom is -0.457 e. The second kappa shape index (κ2) is 6.77. The highest BCUT2D eigenvalue weighted by molar-refractivity contribution is 5.96. The maximum Gasteiger partial charge on any atom is 0.339 e. The Labute approximate surface area is 130 Å². The molecule has 2 aliphatic rings. The average molecular weight is 306 g/mol. The van der Waals surface area contributed by atoms with Gasteiger partial charge in [0, 0.05) is 25.9 Å². The molecule has 1 aromatic rings. The van der Waals surface area contributed by atoms with Gasteiger partial charge in [0.2, 0.25) is 0 Å². The minimum atomic E-state index is -0.242. The Morgan fingerprint density at radius 3 is 2.36 bits per heavy atom. The van der Waals surface area contributed by atoms with Crippen molar-refractivity contribution in [3.63, 3.8) is 0 Å². The molecule has 1 aromatic carbocycles. The van der Waals surface area contributed by atoms with Gasteiger partial charge in [0.05, 0.1) is 25.4 Å². The van der Waals surface area contributed by atoms with Crippen LogP contribution >= 0.6 is 0 Å². The largest absolute Gasteiger partial charge is 0.457 e.